The van der Waals surface area contributed by atoms with Crippen LogP contribution < -0.4 is 0 Å². The van der Waals surface area contributed by atoms with Gasteiger partial charge in [0.25, 0.3) is 0 Å². The van der Waals surface area contributed by atoms with Gasteiger partial charge in [-0.15, -0.1) is 0 Å². The molecule has 0 radical (unpaired) electrons. The van der Waals surface area contributed by atoms with E-state index in [2.05, 4.69) is 0 Å². The number of benzene rings is 1. The lowest BCUT2D eigenvalue weighted by Crippen LogP contribution is -2.52. The number of aryl methyl sites for hydroxylation is 1. The zero-order valence-corrected chi connectivity index (χ0v) is 14.3. The van der Waals surface area contributed by atoms with Crippen LogP contribution in [-0.4, -0.2) is 34.6 Å². The van der Waals surface area contributed by atoms with Crippen LogP contribution in [0.3, 0.4) is 0 Å². The lowest BCUT2D eigenvalue weighted by atomic mass is 9.69. The molecule has 1 saturated carbocycles. The number of furan rings is 1. The first-order valence-electron chi connectivity index (χ1n) is 9.02. The maximum absolute atomic E-state index is 12.6. The number of fused-ring (bicyclic) bond motifs is 1. The number of piperidine rings is 1. The second-order valence-electron chi connectivity index (χ2n) is 7.55. The van der Waals surface area contributed by atoms with Crippen molar-refractivity contribution >= 4 is 16.9 Å². The molecule has 0 atom stereocenters. The summed E-state index contributed by atoms with van der Waals surface area (Å²) >= 11 is 0. The Labute approximate surface area is 142 Å². The quantitative estimate of drug-likeness (QED) is 0.939. The lowest BCUT2D eigenvalue weighted by Gasteiger charge is -2.46. The van der Waals surface area contributed by atoms with Crippen molar-refractivity contribution in [3.63, 3.8) is 0 Å². The van der Waals surface area contributed by atoms with Gasteiger partial charge in [-0.05, 0) is 50.2 Å². The first-order valence-corrected chi connectivity index (χ1v) is 9.02. The van der Waals surface area contributed by atoms with E-state index in [0.717, 1.165) is 34.9 Å². The van der Waals surface area contributed by atoms with E-state index in [4.69, 9.17) is 4.42 Å². The van der Waals surface area contributed by atoms with Crippen LogP contribution in [0.2, 0.25) is 0 Å². The van der Waals surface area contributed by atoms with Gasteiger partial charge in [-0.3, -0.25) is 4.79 Å². The Morgan fingerprint density at radius 1 is 1.33 bits per heavy atom. The van der Waals surface area contributed by atoms with Gasteiger partial charge >= 0.3 is 0 Å². The lowest BCUT2D eigenvalue weighted by molar-refractivity contribution is -0.139. The van der Waals surface area contributed by atoms with Crippen molar-refractivity contribution in [3.8, 4) is 0 Å². The highest BCUT2D eigenvalue weighted by Gasteiger charge is 2.42. The summed E-state index contributed by atoms with van der Waals surface area (Å²) in [5.74, 6) is 0.588. The molecule has 0 unspecified atom stereocenters. The summed E-state index contributed by atoms with van der Waals surface area (Å²) in [5.41, 5.74) is 2.42. The van der Waals surface area contributed by atoms with Crippen LogP contribution in [-0.2, 0) is 11.2 Å². The number of hydrogen-bond donors (Lipinski definition) is 1. The molecule has 1 amide bonds. The smallest absolute Gasteiger partial charge is 0.227 e. The standard InChI is InChI=1S/C20H25NO3/c1-14-5-6-17-15(13-24-18(17)11-14)12-19(22)21-9-7-20(23,8-10-21)16-3-2-4-16/h5-6,11,13,16,23H,2-4,7-10,12H2,1H3. The van der Waals surface area contributed by atoms with Crippen molar-refractivity contribution in [2.45, 2.75) is 51.0 Å². The number of rotatable bonds is 3. The van der Waals surface area contributed by atoms with E-state index in [1.54, 1.807) is 6.26 Å². The fourth-order valence-electron chi connectivity index (χ4n) is 4.10. The Bertz CT molecular complexity index is 751. The van der Waals surface area contributed by atoms with Crippen LogP contribution in [0, 0.1) is 12.8 Å². The van der Waals surface area contributed by atoms with Crippen LogP contribution in [0.5, 0.6) is 0 Å². The molecule has 1 aromatic carbocycles. The molecule has 1 N–H and O–H groups in total. The van der Waals surface area contributed by atoms with E-state index < -0.39 is 5.60 Å². The van der Waals surface area contributed by atoms with Crippen LogP contribution in [0.4, 0.5) is 0 Å². The van der Waals surface area contributed by atoms with Gasteiger partial charge in [-0.2, -0.15) is 0 Å². The maximum atomic E-state index is 12.6. The number of hydrogen-bond acceptors (Lipinski definition) is 3. The summed E-state index contributed by atoms with van der Waals surface area (Å²) < 4.78 is 5.59. The normalized spacial score (nSPS) is 21.0. The first-order chi connectivity index (χ1) is 11.5. The van der Waals surface area contributed by atoms with E-state index >= 15 is 0 Å². The number of carbonyl (C=O) groups excluding carboxylic acids is 1. The molecular formula is C20H25NO3. The number of amides is 1. The average molecular weight is 327 g/mol. The van der Waals surface area contributed by atoms with E-state index in [0.29, 0.717) is 38.3 Å². The molecule has 2 heterocycles. The molecule has 1 aliphatic heterocycles. The van der Waals surface area contributed by atoms with Crippen molar-refractivity contribution in [1.29, 1.82) is 0 Å². The number of likely N-dealkylation sites (tertiary alicyclic amines) is 1. The Kier molecular flexibility index (Phi) is 3.87. The molecule has 2 aliphatic rings. The highest BCUT2D eigenvalue weighted by molar-refractivity contribution is 5.88. The maximum Gasteiger partial charge on any atom is 0.227 e. The fourth-order valence-corrected chi connectivity index (χ4v) is 4.10. The van der Waals surface area contributed by atoms with Crippen LogP contribution in [0.1, 0.15) is 43.2 Å². The van der Waals surface area contributed by atoms with Crippen molar-refractivity contribution in [3.05, 3.63) is 35.6 Å². The second-order valence-corrected chi connectivity index (χ2v) is 7.55. The number of aliphatic hydroxyl groups is 1. The van der Waals surface area contributed by atoms with Gasteiger partial charge in [0.2, 0.25) is 5.91 Å². The van der Waals surface area contributed by atoms with Gasteiger partial charge in [-0.1, -0.05) is 18.6 Å². The Hall–Kier alpha value is -1.81. The van der Waals surface area contributed by atoms with Gasteiger partial charge < -0.3 is 14.4 Å². The molecule has 128 valence electrons. The molecule has 2 aromatic rings. The molecule has 4 rings (SSSR count). The van der Waals surface area contributed by atoms with Crippen LogP contribution >= 0.6 is 0 Å². The van der Waals surface area contributed by atoms with E-state index in [-0.39, 0.29) is 5.91 Å². The second kappa shape index (κ2) is 5.92. The minimum atomic E-state index is -0.533. The van der Waals surface area contributed by atoms with Gasteiger partial charge in [0.15, 0.2) is 0 Å². The van der Waals surface area contributed by atoms with Gasteiger partial charge in [0.05, 0.1) is 18.3 Å². The van der Waals surface area contributed by atoms with E-state index in [1.165, 1.54) is 6.42 Å². The van der Waals surface area contributed by atoms with Gasteiger partial charge in [-0.25, -0.2) is 0 Å². The average Bonchev–Trinajstić information content (AvgIpc) is 2.88. The number of nitrogens with zero attached hydrogens (tertiary/aromatic N) is 1. The van der Waals surface area contributed by atoms with Gasteiger partial charge in [0, 0.05) is 24.0 Å². The van der Waals surface area contributed by atoms with Crippen molar-refractivity contribution in [2.75, 3.05) is 13.1 Å². The van der Waals surface area contributed by atoms with E-state index in [1.807, 2.05) is 30.0 Å². The predicted molar refractivity (Wildman–Crippen MR) is 92.8 cm³/mol. The van der Waals surface area contributed by atoms with Crippen LogP contribution in [0.15, 0.2) is 28.9 Å². The summed E-state index contributed by atoms with van der Waals surface area (Å²) in [6.07, 6.45) is 7.04. The summed E-state index contributed by atoms with van der Waals surface area (Å²) in [7, 11) is 0. The zero-order valence-electron chi connectivity index (χ0n) is 14.3. The summed E-state index contributed by atoms with van der Waals surface area (Å²) in [5, 5.41) is 11.8. The Balaban J connectivity index is 1.41. The third-order valence-corrected chi connectivity index (χ3v) is 6.00. The Morgan fingerprint density at radius 2 is 2.08 bits per heavy atom. The number of carbonyl (C=O) groups is 1. The molecule has 1 aliphatic carbocycles. The van der Waals surface area contributed by atoms with E-state index in [9.17, 15) is 9.90 Å². The van der Waals surface area contributed by atoms with Crippen molar-refractivity contribution in [1.82, 2.24) is 4.90 Å². The zero-order chi connectivity index (χ0) is 16.7. The highest BCUT2D eigenvalue weighted by Crippen LogP contribution is 2.42. The monoisotopic (exact) mass is 327 g/mol. The Morgan fingerprint density at radius 3 is 2.75 bits per heavy atom. The third-order valence-electron chi connectivity index (χ3n) is 6.00. The SMILES string of the molecule is Cc1ccc2c(CC(=O)N3CCC(O)(C4CCC4)CC3)coc2c1. The molecule has 0 bridgehead atoms. The first kappa shape index (κ1) is 15.7. The molecule has 4 heteroatoms. The molecule has 2 fully saturated rings. The molecular weight excluding hydrogens is 302 g/mol. The topological polar surface area (TPSA) is 53.7 Å². The minimum Gasteiger partial charge on any atom is -0.464 e. The van der Waals surface area contributed by atoms with Crippen molar-refractivity contribution in [2.24, 2.45) is 5.92 Å². The van der Waals surface area contributed by atoms with Gasteiger partial charge in [0.1, 0.15) is 5.58 Å². The molecule has 1 saturated heterocycles. The van der Waals surface area contributed by atoms with Crippen molar-refractivity contribution < 1.29 is 14.3 Å². The fraction of sp³-hybridized carbons (Fsp3) is 0.550. The van der Waals surface area contributed by atoms with Crippen LogP contribution in [0.25, 0.3) is 11.0 Å². The summed E-state index contributed by atoms with van der Waals surface area (Å²) in [6.45, 7) is 3.37. The summed E-state index contributed by atoms with van der Waals surface area (Å²) in [4.78, 5) is 14.5. The summed E-state index contributed by atoms with van der Waals surface area (Å²) in [6, 6.07) is 6.08. The molecule has 4 nitrogen and oxygen atoms in total. The largest absolute Gasteiger partial charge is 0.464 e. The third kappa shape index (κ3) is 2.73. The highest BCUT2D eigenvalue weighted by atomic mass is 16.3. The molecule has 1 aromatic heterocycles. The predicted octanol–water partition coefficient (Wildman–Crippen LogP) is 3.44. The molecule has 0 spiro atoms. The minimum absolute atomic E-state index is 0.133. The molecule has 24 heavy (non-hydrogen) atoms.